The highest BCUT2D eigenvalue weighted by molar-refractivity contribution is 5.90. The quantitative estimate of drug-likeness (QED) is 0.677. The summed E-state index contributed by atoms with van der Waals surface area (Å²) >= 11 is 0. The smallest absolute Gasteiger partial charge is 0.311 e. The molecule has 73 valence electrons. The SMILES string of the molecule is CC1CC[C](C(=O)O)C(C(=O)O)C1. The summed E-state index contributed by atoms with van der Waals surface area (Å²) in [4.78, 5) is 21.4. The van der Waals surface area contributed by atoms with Crippen molar-refractivity contribution in [2.75, 3.05) is 0 Å². The van der Waals surface area contributed by atoms with Crippen LogP contribution in [0.25, 0.3) is 0 Å². The zero-order valence-corrected chi connectivity index (χ0v) is 7.49. The van der Waals surface area contributed by atoms with Gasteiger partial charge in [-0.3, -0.25) is 9.59 Å². The summed E-state index contributed by atoms with van der Waals surface area (Å²) in [5.41, 5.74) is 0. The number of hydrogen-bond acceptors (Lipinski definition) is 2. The fourth-order valence-corrected chi connectivity index (χ4v) is 1.74. The molecule has 0 heterocycles. The molecule has 1 fully saturated rings. The number of carboxylic acid groups (broad SMARTS) is 2. The van der Waals surface area contributed by atoms with Crippen LogP contribution in [0.5, 0.6) is 0 Å². The first-order valence-corrected chi connectivity index (χ1v) is 4.34. The first-order chi connectivity index (χ1) is 6.02. The van der Waals surface area contributed by atoms with E-state index in [-0.39, 0.29) is 5.92 Å². The number of rotatable bonds is 2. The molecule has 1 aliphatic carbocycles. The highest BCUT2D eigenvalue weighted by Crippen LogP contribution is 2.35. The molecular formula is C9H13O4. The Morgan fingerprint density at radius 3 is 2.46 bits per heavy atom. The van der Waals surface area contributed by atoms with E-state index in [1.165, 1.54) is 0 Å². The normalized spacial score (nSPS) is 29.9. The minimum Gasteiger partial charge on any atom is -0.481 e. The van der Waals surface area contributed by atoms with Gasteiger partial charge in [-0.25, -0.2) is 0 Å². The lowest BCUT2D eigenvalue weighted by atomic mass is 9.75. The first kappa shape index (κ1) is 10.0. The van der Waals surface area contributed by atoms with Crippen molar-refractivity contribution in [1.82, 2.24) is 0 Å². The van der Waals surface area contributed by atoms with E-state index in [0.717, 1.165) is 6.42 Å². The molecule has 1 radical (unpaired) electrons. The summed E-state index contributed by atoms with van der Waals surface area (Å²) in [5, 5.41) is 17.5. The molecule has 1 aliphatic rings. The average molecular weight is 185 g/mol. The van der Waals surface area contributed by atoms with Crippen LogP contribution < -0.4 is 0 Å². The van der Waals surface area contributed by atoms with E-state index >= 15 is 0 Å². The van der Waals surface area contributed by atoms with Gasteiger partial charge in [-0.2, -0.15) is 0 Å². The van der Waals surface area contributed by atoms with Gasteiger partial charge in [-0.15, -0.1) is 0 Å². The predicted octanol–water partition coefficient (Wildman–Crippen LogP) is 1.17. The van der Waals surface area contributed by atoms with Gasteiger partial charge in [0.1, 0.15) is 0 Å². The number of hydrogen-bond donors (Lipinski definition) is 2. The third-order valence-electron chi connectivity index (χ3n) is 2.54. The molecule has 0 amide bonds. The van der Waals surface area contributed by atoms with Crippen molar-refractivity contribution < 1.29 is 19.8 Å². The third-order valence-corrected chi connectivity index (χ3v) is 2.54. The van der Waals surface area contributed by atoms with E-state index in [9.17, 15) is 9.59 Å². The van der Waals surface area contributed by atoms with Crippen molar-refractivity contribution in [2.45, 2.75) is 26.2 Å². The Hall–Kier alpha value is -1.06. The summed E-state index contributed by atoms with van der Waals surface area (Å²) in [5.74, 6) is -2.38. The highest BCUT2D eigenvalue weighted by atomic mass is 16.4. The second kappa shape index (κ2) is 3.77. The molecule has 0 saturated heterocycles. The van der Waals surface area contributed by atoms with Crippen LogP contribution in [0.1, 0.15) is 26.2 Å². The molecule has 0 bridgehead atoms. The zero-order valence-electron chi connectivity index (χ0n) is 7.49. The third kappa shape index (κ3) is 2.20. The molecule has 2 atom stereocenters. The largest absolute Gasteiger partial charge is 0.481 e. The Morgan fingerprint density at radius 2 is 2.00 bits per heavy atom. The maximum atomic E-state index is 10.7. The predicted molar refractivity (Wildman–Crippen MR) is 45.0 cm³/mol. The van der Waals surface area contributed by atoms with Crippen molar-refractivity contribution in [3.63, 3.8) is 0 Å². The lowest BCUT2D eigenvalue weighted by Gasteiger charge is -2.28. The maximum Gasteiger partial charge on any atom is 0.311 e. The molecule has 4 nitrogen and oxygen atoms in total. The van der Waals surface area contributed by atoms with Crippen LogP contribution in [0.2, 0.25) is 0 Å². The van der Waals surface area contributed by atoms with Gasteiger partial charge >= 0.3 is 11.9 Å². The monoisotopic (exact) mass is 185 g/mol. The topological polar surface area (TPSA) is 74.6 Å². The summed E-state index contributed by atoms with van der Waals surface area (Å²) in [7, 11) is 0. The molecular weight excluding hydrogens is 172 g/mol. The molecule has 0 spiro atoms. The van der Waals surface area contributed by atoms with E-state index in [4.69, 9.17) is 10.2 Å². The Morgan fingerprint density at radius 1 is 1.38 bits per heavy atom. The molecule has 2 N–H and O–H groups in total. The fraction of sp³-hybridized carbons (Fsp3) is 0.667. The van der Waals surface area contributed by atoms with Crippen LogP contribution >= 0.6 is 0 Å². The van der Waals surface area contributed by atoms with Crippen LogP contribution in [0.15, 0.2) is 0 Å². The maximum absolute atomic E-state index is 10.7. The molecule has 1 saturated carbocycles. The fourth-order valence-electron chi connectivity index (χ4n) is 1.74. The Labute approximate surface area is 76.6 Å². The lowest BCUT2D eigenvalue weighted by Crippen LogP contribution is -2.33. The average Bonchev–Trinajstić information content (AvgIpc) is 2.03. The van der Waals surface area contributed by atoms with Gasteiger partial charge < -0.3 is 10.2 Å². The molecule has 13 heavy (non-hydrogen) atoms. The lowest BCUT2D eigenvalue weighted by molar-refractivity contribution is -0.147. The van der Waals surface area contributed by atoms with Crippen molar-refractivity contribution in [3.05, 3.63) is 5.92 Å². The van der Waals surface area contributed by atoms with Gasteiger partial charge in [0.05, 0.1) is 11.8 Å². The van der Waals surface area contributed by atoms with Crippen LogP contribution in [0, 0.1) is 17.8 Å². The Kier molecular flexibility index (Phi) is 2.90. The molecule has 0 aromatic heterocycles. The van der Waals surface area contributed by atoms with Crippen LogP contribution in [-0.2, 0) is 9.59 Å². The van der Waals surface area contributed by atoms with Crippen molar-refractivity contribution in [1.29, 1.82) is 0 Å². The van der Waals surface area contributed by atoms with E-state index in [0.29, 0.717) is 18.8 Å². The van der Waals surface area contributed by atoms with E-state index in [2.05, 4.69) is 0 Å². The Balaban J connectivity index is 2.72. The van der Waals surface area contributed by atoms with Gasteiger partial charge in [0, 0.05) is 0 Å². The van der Waals surface area contributed by atoms with Crippen molar-refractivity contribution in [2.24, 2.45) is 11.8 Å². The van der Waals surface area contributed by atoms with E-state index in [1.807, 2.05) is 6.92 Å². The van der Waals surface area contributed by atoms with Crippen LogP contribution in [-0.4, -0.2) is 22.2 Å². The van der Waals surface area contributed by atoms with Gasteiger partial charge in [0.15, 0.2) is 0 Å². The van der Waals surface area contributed by atoms with Gasteiger partial charge in [0.2, 0.25) is 0 Å². The minimum atomic E-state index is -1.06. The number of aliphatic carboxylic acids is 2. The van der Waals surface area contributed by atoms with Crippen molar-refractivity contribution >= 4 is 11.9 Å². The van der Waals surface area contributed by atoms with E-state index < -0.39 is 17.9 Å². The molecule has 1 rings (SSSR count). The van der Waals surface area contributed by atoms with E-state index in [1.54, 1.807) is 0 Å². The molecule has 4 heteroatoms. The van der Waals surface area contributed by atoms with Crippen LogP contribution in [0.3, 0.4) is 0 Å². The number of carbonyl (C=O) groups is 2. The highest BCUT2D eigenvalue weighted by Gasteiger charge is 2.38. The minimum absolute atomic E-state index is 0.158. The zero-order chi connectivity index (χ0) is 10.0. The second-order valence-corrected chi connectivity index (χ2v) is 3.60. The molecule has 0 aromatic rings. The van der Waals surface area contributed by atoms with Crippen LogP contribution in [0.4, 0.5) is 0 Å². The summed E-state index contributed by atoms with van der Waals surface area (Å²) in [6.45, 7) is 1.95. The van der Waals surface area contributed by atoms with Gasteiger partial charge in [-0.1, -0.05) is 6.92 Å². The summed E-state index contributed by atoms with van der Waals surface area (Å²) in [6, 6.07) is 0. The van der Waals surface area contributed by atoms with Gasteiger partial charge in [0.25, 0.3) is 0 Å². The molecule has 2 unspecified atom stereocenters. The molecule has 0 aliphatic heterocycles. The number of carboxylic acids is 2. The molecule has 0 aromatic carbocycles. The first-order valence-electron chi connectivity index (χ1n) is 4.34. The summed E-state index contributed by atoms with van der Waals surface area (Å²) < 4.78 is 0. The van der Waals surface area contributed by atoms with Crippen molar-refractivity contribution in [3.8, 4) is 0 Å². The second-order valence-electron chi connectivity index (χ2n) is 3.60. The summed E-state index contributed by atoms with van der Waals surface area (Å²) in [6.07, 6.45) is 1.65. The Bertz CT molecular complexity index is 224. The standard InChI is InChI=1S/C9H13O4/c1-5-2-3-6(8(10)11)7(4-5)9(12)13/h5,7H,2-4H2,1H3,(H,10,11)(H,12,13). The van der Waals surface area contributed by atoms with Gasteiger partial charge in [-0.05, 0) is 25.2 Å².